The number of guanidine groups is 1. The molecule has 0 bridgehead atoms. The van der Waals surface area contributed by atoms with Crippen LogP contribution in [0.5, 0.6) is 0 Å². The van der Waals surface area contributed by atoms with Crippen molar-refractivity contribution >= 4 is 17.8 Å². The van der Waals surface area contributed by atoms with Crippen LogP contribution in [0.4, 0.5) is 22.0 Å². The van der Waals surface area contributed by atoms with E-state index in [0.29, 0.717) is 24.6 Å². The minimum absolute atomic E-state index is 0.0955. The SMILES string of the molecule is O=C(O)C(F)(F)F.O=C1C2=C(CCN(Cc3ccccc3)C2)N2CCN=C2N1Cc1cc(F)cc(F)c1. The Morgan fingerprint density at radius 1 is 0.973 bits per heavy atom. The van der Waals surface area contributed by atoms with Crippen LogP contribution in [0.2, 0.25) is 0 Å². The van der Waals surface area contributed by atoms with Crippen LogP contribution in [0, 0.1) is 11.6 Å². The van der Waals surface area contributed by atoms with Gasteiger partial charge in [0.2, 0.25) is 5.96 Å². The van der Waals surface area contributed by atoms with Crippen molar-refractivity contribution in [3.63, 3.8) is 0 Å². The van der Waals surface area contributed by atoms with E-state index >= 15 is 0 Å². The summed E-state index contributed by atoms with van der Waals surface area (Å²) in [5.74, 6) is -3.57. The van der Waals surface area contributed by atoms with E-state index < -0.39 is 23.8 Å². The van der Waals surface area contributed by atoms with E-state index in [2.05, 4.69) is 26.9 Å². The largest absolute Gasteiger partial charge is 0.490 e. The quantitative estimate of drug-likeness (QED) is 0.619. The topological polar surface area (TPSA) is 76.5 Å². The lowest BCUT2D eigenvalue weighted by Gasteiger charge is -2.42. The van der Waals surface area contributed by atoms with Crippen molar-refractivity contribution < 1.29 is 36.6 Å². The second-order valence-electron chi connectivity index (χ2n) is 8.68. The first kappa shape index (κ1) is 26.3. The molecule has 0 aliphatic carbocycles. The highest BCUT2D eigenvalue weighted by Crippen LogP contribution is 2.32. The van der Waals surface area contributed by atoms with Crippen LogP contribution in [0.25, 0.3) is 0 Å². The number of rotatable bonds is 4. The first-order valence-corrected chi connectivity index (χ1v) is 11.4. The Kier molecular flexibility index (Phi) is 7.58. The molecular formula is C25H23F5N4O3. The maximum Gasteiger partial charge on any atom is 0.490 e. The number of alkyl halides is 3. The number of amides is 1. The summed E-state index contributed by atoms with van der Waals surface area (Å²) in [6, 6.07) is 13.6. The number of aliphatic imine (C=N–C) groups is 1. The van der Waals surface area contributed by atoms with E-state index in [1.807, 2.05) is 18.2 Å². The van der Waals surface area contributed by atoms with Crippen LogP contribution >= 0.6 is 0 Å². The van der Waals surface area contributed by atoms with Crippen molar-refractivity contribution in [2.45, 2.75) is 25.7 Å². The minimum atomic E-state index is -5.08. The van der Waals surface area contributed by atoms with Crippen molar-refractivity contribution in [1.82, 2.24) is 14.7 Å². The number of carboxylic acids is 1. The summed E-state index contributed by atoms with van der Waals surface area (Å²) in [6.45, 7) is 3.65. The predicted molar refractivity (Wildman–Crippen MR) is 123 cm³/mol. The Balaban J connectivity index is 0.000000405. The molecule has 0 saturated carbocycles. The number of benzene rings is 2. The molecule has 3 aliphatic rings. The third-order valence-corrected chi connectivity index (χ3v) is 6.04. The van der Waals surface area contributed by atoms with Crippen molar-refractivity contribution in [3.05, 3.63) is 82.6 Å². The van der Waals surface area contributed by atoms with Crippen LogP contribution < -0.4 is 0 Å². The first-order chi connectivity index (χ1) is 17.5. The molecule has 3 heterocycles. The van der Waals surface area contributed by atoms with Gasteiger partial charge in [-0.25, -0.2) is 13.6 Å². The molecule has 5 rings (SSSR count). The highest BCUT2D eigenvalue weighted by atomic mass is 19.4. The normalized spacial score (nSPS) is 17.6. The second kappa shape index (κ2) is 10.7. The molecule has 0 unspecified atom stereocenters. The Morgan fingerprint density at radius 3 is 2.24 bits per heavy atom. The van der Waals surface area contributed by atoms with Gasteiger partial charge in [-0.15, -0.1) is 0 Å². The average molecular weight is 522 g/mol. The number of nitrogens with zero attached hydrogens (tertiary/aromatic N) is 4. The number of halogens is 5. The Labute approximate surface area is 209 Å². The fraction of sp³-hybridized carbons (Fsp3) is 0.320. The van der Waals surface area contributed by atoms with Gasteiger partial charge in [0.05, 0.1) is 18.7 Å². The minimum Gasteiger partial charge on any atom is -0.475 e. The molecule has 0 fully saturated rings. The van der Waals surface area contributed by atoms with Crippen molar-refractivity contribution in [3.8, 4) is 0 Å². The van der Waals surface area contributed by atoms with E-state index in [-0.39, 0.29) is 12.5 Å². The molecule has 7 nitrogen and oxygen atoms in total. The molecule has 2 aromatic rings. The number of carbonyl (C=O) groups is 2. The zero-order valence-electron chi connectivity index (χ0n) is 19.5. The van der Waals surface area contributed by atoms with Crippen LogP contribution in [-0.2, 0) is 22.7 Å². The van der Waals surface area contributed by atoms with E-state index in [4.69, 9.17) is 9.90 Å². The van der Waals surface area contributed by atoms with E-state index in [0.717, 1.165) is 43.4 Å². The number of hydrogen-bond acceptors (Lipinski definition) is 5. The van der Waals surface area contributed by atoms with Gasteiger partial charge >= 0.3 is 12.1 Å². The van der Waals surface area contributed by atoms with Crippen LogP contribution in [0.1, 0.15) is 17.5 Å². The summed E-state index contributed by atoms with van der Waals surface area (Å²) in [5.41, 5.74) is 3.42. The van der Waals surface area contributed by atoms with Gasteiger partial charge in [-0.2, -0.15) is 13.2 Å². The molecule has 0 atom stereocenters. The number of carbonyl (C=O) groups excluding carboxylic acids is 1. The van der Waals surface area contributed by atoms with Crippen LogP contribution in [-0.4, -0.2) is 70.0 Å². The highest BCUT2D eigenvalue weighted by molar-refractivity contribution is 6.09. The maximum absolute atomic E-state index is 13.7. The molecule has 0 saturated heterocycles. The lowest BCUT2D eigenvalue weighted by Crippen LogP contribution is -2.53. The average Bonchev–Trinajstić information content (AvgIpc) is 3.31. The highest BCUT2D eigenvalue weighted by Gasteiger charge is 2.41. The lowest BCUT2D eigenvalue weighted by atomic mass is 10.00. The Bertz CT molecular complexity index is 1230. The van der Waals surface area contributed by atoms with Crippen LogP contribution in [0.15, 0.2) is 64.8 Å². The molecule has 12 heteroatoms. The van der Waals surface area contributed by atoms with E-state index in [9.17, 15) is 26.7 Å². The molecule has 37 heavy (non-hydrogen) atoms. The molecule has 0 aromatic heterocycles. The predicted octanol–water partition coefficient (Wildman–Crippen LogP) is 3.77. The van der Waals surface area contributed by atoms with Gasteiger partial charge in [0.1, 0.15) is 11.6 Å². The van der Waals surface area contributed by atoms with Gasteiger partial charge < -0.3 is 10.0 Å². The fourth-order valence-electron chi connectivity index (χ4n) is 4.48. The Hall–Kier alpha value is -3.80. The van der Waals surface area contributed by atoms with E-state index in [1.54, 1.807) is 4.90 Å². The molecule has 0 spiro atoms. The van der Waals surface area contributed by atoms with Crippen LogP contribution in [0.3, 0.4) is 0 Å². The second-order valence-corrected chi connectivity index (χ2v) is 8.68. The van der Waals surface area contributed by atoms with Crippen molar-refractivity contribution in [2.75, 3.05) is 26.2 Å². The molecule has 3 aliphatic heterocycles. The van der Waals surface area contributed by atoms with Crippen molar-refractivity contribution in [1.29, 1.82) is 0 Å². The summed E-state index contributed by atoms with van der Waals surface area (Å²) in [5, 5.41) is 7.12. The summed E-state index contributed by atoms with van der Waals surface area (Å²) in [6.07, 6.45) is -4.30. The van der Waals surface area contributed by atoms with Gasteiger partial charge in [0.15, 0.2) is 0 Å². The number of aliphatic carboxylic acids is 1. The standard InChI is InChI=1S/C23H22F2N4O.C2HF3O2/c24-18-10-17(11-19(25)12-18)14-29-22(30)20-15-27(13-16-4-2-1-3-5-16)8-6-21(20)28-9-7-26-23(28)29;3-2(4,5)1(6)7/h1-5,10-12H,6-9,13-15H2;(H,6,7). The zero-order valence-corrected chi connectivity index (χ0v) is 19.5. The van der Waals surface area contributed by atoms with Gasteiger partial charge in [0.25, 0.3) is 5.91 Å². The summed E-state index contributed by atoms with van der Waals surface area (Å²) >= 11 is 0. The third kappa shape index (κ3) is 6.13. The number of hydrogen-bond donors (Lipinski definition) is 1. The monoisotopic (exact) mass is 522 g/mol. The molecule has 1 amide bonds. The van der Waals surface area contributed by atoms with Gasteiger partial charge in [-0.1, -0.05) is 30.3 Å². The fourth-order valence-corrected chi connectivity index (χ4v) is 4.48. The van der Waals surface area contributed by atoms with Gasteiger partial charge in [0, 0.05) is 44.4 Å². The summed E-state index contributed by atoms with van der Waals surface area (Å²) in [7, 11) is 0. The smallest absolute Gasteiger partial charge is 0.475 e. The summed E-state index contributed by atoms with van der Waals surface area (Å²) < 4.78 is 59.1. The maximum atomic E-state index is 13.7. The molecular weight excluding hydrogens is 499 g/mol. The lowest BCUT2D eigenvalue weighted by molar-refractivity contribution is -0.192. The molecule has 0 radical (unpaired) electrons. The molecule has 2 aromatic carbocycles. The molecule has 1 N–H and O–H groups in total. The zero-order chi connectivity index (χ0) is 26.7. The Morgan fingerprint density at radius 2 is 1.62 bits per heavy atom. The molecule has 196 valence electrons. The van der Waals surface area contributed by atoms with Gasteiger partial charge in [-0.3, -0.25) is 19.6 Å². The van der Waals surface area contributed by atoms with Crippen molar-refractivity contribution in [2.24, 2.45) is 4.99 Å². The number of fused-ring (bicyclic) bond motifs is 2. The van der Waals surface area contributed by atoms with E-state index in [1.165, 1.54) is 17.7 Å². The number of carboxylic acid groups (broad SMARTS) is 1. The third-order valence-electron chi connectivity index (χ3n) is 6.04. The summed E-state index contributed by atoms with van der Waals surface area (Å²) in [4.78, 5) is 32.8. The van der Waals surface area contributed by atoms with Gasteiger partial charge in [-0.05, 0) is 23.3 Å². The first-order valence-electron chi connectivity index (χ1n) is 11.4.